The number of nitrogens with one attached hydrogen (secondary N) is 1. The Balaban J connectivity index is 1.67. The molecular weight excluding hydrogens is 434 g/mol. The Kier molecular flexibility index (Phi) is 6.27. The maximum Gasteiger partial charge on any atom is 0.338 e. The van der Waals surface area contributed by atoms with Crippen molar-refractivity contribution in [1.82, 2.24) is 19.6 Å². The van der Waals surface area contributed by atoms with Crippen LogP contribution in [-0.4, -0.2) is 38.0 Å². The van der Waals surface area contributed by atoms with Crippen LogP contribution in [0.5, 0.6) is 0 Å². The molecule has 0 aliphatic heterocycles. The van der Waals surface area contributed by atoms with E-state index in [1.54, 1.807) is 43.7 Å². The van der Waals surface area contributed by atoms with Crippen molar-refractivity contribution < 1.29 is 14.3 Å². The molecule has 2 heterocycles. The molecule has 0 saturated carbocycles. The molecule has 4 rings (SSSR count). The van der Waals surface area contributed by atoms with Crippen LogP contribution in [0.25, 0.3) is 16.6 Å². The average Bonchev–Trinajstić information content (AvgIpc) is 3.20. The monoisotopic (exact) mass is 459 g/mol. The van der Waals surface area contributed by atoms with Gasteiger partial charge in [0.1, 0.15) is 6.04 Å². The fourth-order valence-electron chi connectivity index (χ4n) is 3.83. The van der Waals surface area contributed by atoms with Crippen molar-refractivity contribution in [1.29, 1.82) is 0 Å². The number of para-hydroxylation sites is 1. The molecule has 0 aliphatic carbocycles. The third-order valence-electron chi connectivity index (χ3n) is 5.53. The van der Waals surface area contributed by atoms with Crippen molar-refractivity contribution >= 4 is 28.5 Å². The van der Waals surface area contributed by atoms with Crippen LogP contribution in [0, 0.1) is 13.8 Å². The lowest BCUT2D eigenvalue weighted by atomic mass is 10.2. The highest BCUT2D eigenvalue weighted by Crippen LogP contribution is 2.22. The first kappa shape index (κ1) is 22.9. The van der Waals surface area contributed by atoms with E-state index in [2.05, 4.69) is 15.5 Å². The third-order valence-corrected chi connectivity index (χ3v) is 5.53. The van der Waals surface area contributed by atoms with Crippen LogP contribution in [0.2, 0.25) is 0 Å². The Labute approximate surface area is 196 Å². The van der Waals surface area contributed by atoms with Gasteiger partial charge in [-0.25, -0.2) is 14.2 Å². The average molecular weight is 460 g/mol. The van der Waals surface area contributed by atoms with Crippen LogP contribution >= 0.6 is 0 Å². The van der Waals surface area contributed by atoms with E-state index >= 15 is 0 Å². The summed E-state index contributed by atoms with van der Waals surface area (Å²) >= 11 is 0. The summed E-state index contributed by atoms with van der Waals surface area (Å²) in [5.74, 6) is -0.927. The minimum absolute atomic E-state index is 0.248. The molecule has 1 amide bonds. The van der Waals surface area contributed by atoms with Gasteiger partial charge in [-0.2, -0.15) is 10.2 Å². The van der Waals surface area contributed by atoms with Crippen LogP contribution in [0.1, 0.15) is 41.6 Å². The van der Waals surface area contributed by atoms with Crippen LogP contribution in [0.4, 0.5) is 5.69 Å². The fraction of sp³-hybridized carbons (Fsp3) is 0.240. The predicted molar refractivity (Wildman–Crippen MR) is 128 cm³/mol. The highest BCUT2D eigenvalue weighted by Gasteiger charge is 2.23. The van der Waals surface area contributed by atoms with Crippen molar-refractivity contribution in [2.24, 2.45) is 0 Å². The molecule has 1 atom stereocenters. The van der Waals surface area contributed by atoms with Crippen molar-refractivity contribution in [3.8, 4) is 5.69 Å². The molecule has 0 fully saturated rings. The lowest BCUT2D eigenvalue weighted by Crippen LogP contribution is -2.34. The number of fused-ring (bicyclic) bond motifs is 1. The number of anilines is 1. The van der Waals surface area contributed by atoms with Crippen LogP contribution in [0.3, 0.4) is 0 Å². The van der Waals surface area contributed by atoms with Crippen molar-refractivity contribution in [2.45, 2.75) is 33.7 Å². The molecule has 2 aromatic heterocycles. The first-order valence-corrected chi connectivity index (χ1v) is 10.9. The number of amides is 1. The second-order valence-electron chi connectivity index (χ2n) is 7.86. The second-order valence-corrected chi connectivity index (χ2v) is 7.86. The maximum atomic E-state index is 13.3. The molecule has 0 aliphatic rings. The summed E-state index contributed by atoms with van der Waals surface area (Å²) in [6.45, 7) is 7.23. The Morgan fingerprint density at radius 1 is 1.06 bits per heavy atom. The molecule has 0 unspecified atom stereocenters. The van der Waals surface area contributed by atoms with Gasteiger partial charge >= 0.3 is 5.97 Å². The number of esters is 1. The summed E-state index contributed by atoms with van der Waals surface area (Å²) in [4.78, 5) is 38.2. The largest absolute Gasteiger partial charge is 0.462 e. The van der Waals surface area contributed by atoms with Gasteiger partial charge in [0, 0.05) is 5.69 Å². The zero-order valence-corrected chi connectivity index (χ0v) is 19.4. The minimum Gasteiger partial charge on any atom is -0.462 e. The van der Waals surface area contributed by atoms with E-state index in [0.29, 0.717) is 22.3 Å². The van der Waals surface area contributed by atoms with Gasteiger partial charge in [-0.05, 0) is 58.0 Å². The van der Waals surface area contributed by atoms with Crippen LogP contribution < -0.4 is 10.9 Å². The van der Waals surface area contributed by atoms with E-state index in [-0.39, 0.29) is 12.1 Å². The predicted octanol–water partition coefficient (Wildman–Crippen LogP) is 3.58. The van der Waals surface area contributed by atoms with Gasteiger partial charge in [-0.1, -0.05) is 24.3 Å². The van der Waals surface area contributed by atoms with Crippen LogP contribution in [0.15, 0.2) is 59.4 Å². The van der Waals surface area contributed by atoms with Crippen molar-refractivity contribution in [3.63, 3.8) is 0 Å². The third kappa shape index (κ3) is 4.19. The fourth-order valence-corrected chi connectivity index (χ4v) is 3.83. The number of hydrogen-bond donors (Lipinski definition) is 1. The topological polar surface area (TPSA) is 108 Å². The summed E-state index contributed by atoms with van der Waals surface area (Å²) in [5, 5.41) is 12.4. The molecule has 9 heteroatoms. The van der Waals surface area contributed by atoms with E-state index in [1.165, 1.54) is 6.07 Å². The number of ether oxygens (including phenoxy) is 1. The number of hydrogen-bond acceptors (Lipinski definition) is 6. The zero-order chi connectivity index (χ0) is 24.4. The Morgan fingerprint density at radius 3 is 2.50 bits per heavy atom. The molecule has 174 valence electrons. The Hall–Kier alpha value is -4.27. The Bertz CT molecular complexity index is 1440. The van der Waals surface area contributed by atoms with Crippen molar-refractivity contribution in [2.75, 3.05) is 11.9 Å². The molecule has 2 aromatic carbocycles. The van der Waals surface area contributed by atoms with E-state index in [0.717, 1.165) is 16.1 Å². The molecule has 0 spiro atoms. The summed E-state index contributed by atoms with van der Waals surface area (Å²) in [6.07, 6.45) is 0. The maximum absolute atomic E-state index is 13.3. The van der Waals surface area contributed by atoms with Gasteiger partial charge in [0.05, 0.1) is 34.6 Å². The smallest absolute Gasteiger partial charge is 0.338 e. The number of benzene rings is 2. The van der Waals surface area contributed by atoms with Gasteiger partial charge in [0.25, 0.3) is 5.56 Å². The molecule has 9 nitrogen and oxygen atoms in total. The van der Waals surface area contributed by atoms with E-state index in [4.69, 9.17) is 4.74 Å². The van der Waals surface area contributed by atoms with E-state index in [1.807, 2.05) is 37.3 Å². The second kappa shape index (κ2) is 9.30. The molecular formula is C25H25N5O4. The number of carbonyl (C=O) groups is 2. The first-order valence-electron chi connectivity index (χ1n) is 10.9. The quantitative estimate of drug-likeness (QED) is 0.442. The highest BCUT2D eigenvalue weighted by atomic mass is 16.5. The molecule has 0 bridgehead atoms. The Morgan fingerprint density at radius 2 is 1.79 bits per heavy atom. The zero-order valence-electron chi connectivity index (χ0n) is 19.4. The molecule has 0 saturated heterocycles. The number of nitrogens with zero attached hydrogens (tertiary/aromatic N) is 4. The first-order chi connectivity index (χ1) is 16.3. The van der Waals surface area contributed by atoms with E-state index in [9.17, 15) is 14.4 Å². The molecule has 34 heavy (non-hydrogen) atoms. The SMILES string of the molecule is CCOC(=O)c1cccc(NC(=O)[C@@H](C)n2nc(C)c3c(C)n(-c4ccccc4)nc3c2=O)c1. The molecule has 4 aromatic rings. The van der Waals surface area contributed by atoms with Gasteiger partial charge in [0.15, 0.2) is 5.52 Å². The number of carbonyl (C=O) groups excluding carboxylic acids is 2. The normalized spacial score (nSPS) is 11.9. The van der Waals surface area contributed by atoms with Crippen molar-refractivity contribution in [3.05, 3.63) is 81.9 Å². The lowest BCUT2D eigenvalue weighted by molar-refractivity contribution is -0.119. The van der Waals surface area contributed by atoms with Gasteiger partial charge in [-0.15, -0.1) is 0 Å². The van der Waals surface area contributed by atoms with Gasteiger partial charge in [-0.3, -0.25) is 9.59 Å². The summed E-state index contributed by atoms with van der Waals surface area (Å²) in [5.41, 5.74) is 2.74. The highest BCUT2D eigenvalue weighted by molar-refractivity contribution is 5.96. The summed E-state index contributed by atoms with van der Waals surface area (Å²) in [7, 11) is 0. The van der Waals surface area contributed by atoms with Crippen LogP contribution in [-0.2, 0) is 9.53 Å². The molecule has 0 radical (unpaired) electrons. The van der Waals surface area contributed by atoms with E-state index < -0.39 is 23.5 Å². The number of aromatic nitrogens is 4. The number of rotatable bonds is 6. The van der Waals surface area contributed by atoms with Gasteiger partial charge < -0.3 is 10.1 Å². The van der Waals surface area contributed by atoms with Gasteiger partial charge in [0.2, 0.25) is 5.91 Å². The summed E-state index contributed by atoms with van der Waals surface area (Å²) < 4.78 is 7.85. The summed E-state index contributed by atoms with van der Waals surface area (Å²) in [6, 6.07) is 15.0. The molecule has 1 N–H and O–H groups in total. The lowest BCUT2D eigenvalue weighted by Gasteiger charge is -2.15. The number of aryl methyl sites for hydroxylation is 2. The standard InChI is InChI=1S/C25H25N5O4/c1-5-34-25(33)18-10-9-11-19(14-18)26-23(31)17(4)30-24(32)22-21(15(2)27-30)16(3)29(28-22)20-12-7-6-8-13-20/h6-14,17H,5H2,1-4H3,(H,26,31)/t17-/m1/s1. The minimum atomic E-state index is -0.913.